The van der Waals surface area contributed by atoms with Crippen molar-refractivity contribution in [3.63, 3.8) is 0 Å². The molecule has 1 aliphatic heterocycles. The summed E-state index contributed by atoms with van der Waals surface area (Å²) < 4.78 is 5.74. The summed E-state index contributed by atoms with van der Waals surface area (Å²) in [5, 5.41) is 0.596. The Morgan fingerprint density at radius 3 is 2.14 bits per heavy atom. The first kappa shape index (κ1) is 25.7. The van der Waals surface area contributed by atoms with Gasteiger partial charge in [0, 0.05) is 32.4 Å². The zero-order chi connectivity index (χ0) is 25.8. The number of hydrogen-bond donors (Lipinski definition) is 0. The minimum atomic E-state index is -0.573. The fourth-order valence-corrected chi connectivity index (χ4v) is 7.49. The van der Waals surface area contributed by atoms with Crippen LogP contribution in [-0.4, -0.2) is 46.9 Å². The molecule has 5 fully saturated rings. The second kappa shape index (κ2) is 11.2. The SMILES string of the molecule is O=C(CCCCCN(CC12CC3CC(CC(C3)C1)C2)C(=O)OCc1ccccc1)ON1C(=O)CCC1=O. The summed E-state index contributed by atoms with van der Waals surface area (Å²) in [7, 11) is 0. The number of hydroxylamine groups is 2. The van der Waals surface area contributed by atoms with Gasteiger partial charge in [-0.15, -0.1) is 5.06 Å². The molecule has 4 bridgehead atoms. The third kappa shape index (κ3) is 6.33. The van der Waals surface area contributed by atoms with E-state index in [1.54, 1.807) is 0 Å². The molecule has 0 N–H and O–H groups in total. The Hall–Kier alpha value is -2.90. The second-order valence-electron chi connectivity index (χ2n) is 11.7. The highest BCUT2D eigenvalue weighted by atomic mass is 16.7. The molecule has 6 rings (SSSR count). The van der Waals surface area contributed by atoms with Crippen LogP contribution in [-0.2, 0) is 30.6 Å². The van der Waals surface area contributed by atoms with Crippen molar-refractivity contribution < 1.29 is 28.8 Å². The predicted octanol–water partition coefficient (Wildman–Crippen LogP) is 5.01. The summed E-state index contributed by atoms with van der Waals surface area (Å²) in [6, 6.07) is 9.74. The van der Waals surface area contributed by atoms with Crippen LogP contribution in [0.3, 0.4) is 0 Å². The van der Waals surface area contributed by atoms with Crippen LogP contribution < -0.4 is 0 Å². The van der Waals surface area contributed by atoms with Gasteiger partial charge in [0.1, 0.15) is 6.61 Å². The Balaban J connectivity index is 1.12. The Kier molecular flexibility index (Phi) is 7.81. The van der Waals surface area contributed by atoms with Gasteiger partial charge in [0.15, 0.2) is 0 Å². The first-order valence-corrected chi connectivity index (χ1v) is 13.9. The number of hydrogen-bond acceptors (Lipinski definition) is 6. The van der Waals surface area contributed by atoms with Crippen molar-refractivity contribution in [2.75, 3.05) is 13.1 Å². The summed E-state index contributed by atoms with van der Waals surface area (Å²) in [5.41, 5.74) is 1.19. The van der Waals surface area contributed by atoms with E-state index < -0.39 is 17.8 Å². The largest absolute Gasteiger partial charge is 0.445 e. The van der Waals surface area contributed by atoms with Gasteiger partial charge >= 0.3 is 12.1 Å². The lowest BCUT2D eigenvalue weighted by molar-refractivity contribution is -0.197. The van der Waals surface area contributed by atoms with Crippen molar-refractivity contribution in [2.45, 2.75) is 83.7 Å². The van der Waals surface area contributed by atoms with Gasteiger partial charge in [-0.05, 0) is 80.1 Å². The lowest BCUT2D eigenvalue weighted by atomic mass is 9.49. The summed E-state index contributed by atoms with van der Waals surface area (Å²) >= 11 is 0. The van der Waals surface area contributed by atoms with E-state index in [-0.39, 0.29) is 37.4 Å². The molecule has 5 aliphatic rings. The number of carbonyl (C=O) groups is 4. The summed E-state index contributed by atoms with van der Waals surface area (Å²) in [5.74, 6) is 0.938. The molecule has 1 saturated heterocycles. The Morgan fingerprint density at radius 1 is 0.892 bits per heavy atom. The molecule has 0 atom stereocenters. The summed E-state index contributed by atoms with van der Waals surface area (Å²) in [4.78, 5) is 55.4. The average Bonchev–Trinajstić information content (AvgIpc) is 3.18. The highest BCUT2D eigenvalue weighted by Crippen LogP contribution is 2.60. The number of rotatable bonds is 11. The van der Waals surface area contributed by atoms with Gasteiger partial charge in [0.25, 0.3) is 11.8 Å². The maximum atomic E-state index is 13.2. The molecule has 3 amide bonds. The van der Waals surface area contributed by atoms with Crippen LogP contribution in [0.15, 0.2) is 30.3 Å². The van der Waals surface area contributed by atoms with Crippen molar-refractivity contribution in [3.05, 3.63) is 35.9 Å². The molecule has 37 heavy (non-hydrogen) atoms. The van der Waals surface area contributed by atoms with E-state index in [9.17, 15) is 19.2 Å². The number of imide groups is 1. The lowest BCUT2D eigenvalue weighted by Crippen LogP contribution is -2.52. The van der Waals surface area contributed by atoms with Gasteiger partial charge in [-0.2, -0.15) is 0 Å². The number of unbranched alkanes of at least 4 members (excludes halogenated alkanes) is 2. The molecule has 4 aliphatic carbocycles. The van der Waals surface area contributed by atoms with Crippen LogP contribution in [0.2, 0.25) is 0 Å². The minimum Gasteiger partial charge on any atom is -0.445 e. The van der Waals surface area contributed by atoms with Crippen LogP contribution in [0.25, 0.3) is 0 Å². The molecule has 8 heteroatoms. The molecule has 0 radical (unpaired) electrons. The highest BCUT2D eigenvalue weighted by Gasteiger charge is 2.51. The highest BCUT2D eigenvalue weighted by molar-refractivity contribution is 6.01. The van der Waals surface area contributed by atoms with E-state index in [1.807, 2.05) is 35.2 Å². The van der Waals surface area contributed by atoms with Crippen molar-refractivity contribution in [1.82, 2.24) is 9.96 Å². The van der Waals surface area contributed by atoms with Crippen molar-refractivity contribution >= 4 is 23.9 Å². The van der Waals surface area contributed by atoms with E-state index in [0.29, 0.717) is 18.0 Å². The molecule has 0 aromatic heterocycles. The Morgan fingerprint density at radius 2 is 1.51 bits per heavy atom. The van der Waals surface area contributed by atoms with Crippen molar-refractivity contribution in [1.29, 1.82) is 0 Å². The lowest BCUT2D eigenvalue weighted by Gasteiger charge is -2.57. The molecule has 0 spiro atoms. The van der Waals surface area contributed by atoms with Crippen LogP contribution in [0.1, 0.15) is 82.6 Å². The number of carbonyl (C=O) groups excluding carboxylic acids is 4. The van der Waals surface area contributed by atoms with E-state index in [0.717, 1.165) is 42.7 Å². The number of nitrogens with zero attached hydrogens (tertiary/aromatic N) is 2. The van der Waals surface area contributed by atoms with Crippen molar-refractivity contribution in [2.24, 2.45) is 23.2 Å². The molecule has 1 heterocycles. The zero-order valence-electron chi connectivity index (χ0n) is 21.6. The maximum absolute atomic E-state index is 13.2. The van der Waals surface area contributed by atoms with Crippen LogP contribution >= 0.6 is 0 Å². The van der Waals surface area contributed by atoms with Crippen LogP contribution in [0.4, 0.5) is 4.79 Å². The summed E-state index contributed by atoms with van der Waals surface area (Å²) in [6.45, 7) is 1.61. The standard InChI is InChI=1S/C29H38N2O6/c32-25-10-11-26(33)31(25)37-27(34)9-5-2-6-12-30(28(35)36-19-21-7-3-1-4-8-21)20-29-16-22-13-23(17-29)15-24(14-22)18-29/h1,3-4,7-8,22-24H,2,5-6,9-20H2. The van der Waals surface area contributed by atoms with Gasteiger partial charge in [-0.3, -0.25) is 9.59 Å². The van der Waals surface area contributed by atoms with Crippen molar-refractivity contribution in [3.8, 4) is 0 Å². The summed E-state index contributed by atoms with van der Waals surface area (Å²) in [6.07, 6.45) is 9.87. The van der Waals surface area contributed by atoms with Gasteiger partial charge < -0.3 is 14.5 Å². The third-order valence-electron chi connectivity index (χ3n) is 8.66. The fourth-order valence-electron chi connectivity index (χ4n) is 7.49. The first-order chi connectivity index (χ1) is 17.9. The Labute approximate surface area is 218 Å². The molecular formula is C29H38N2O6. The predicted molar refractivity (Wildman–Crippen MR) is 134 cm³/mol. The van der Waals surface area contributed by atoms with E-state index in [1.165, 1.54) is 38.5 Å². The Bertz CT molecular complexity index is 958. The number of amides is 3. The second-order valence-corrected chi connectivity index (χ2v) is 11.7. The first-order valence-electron chi connectivity index (χ1n) is 13.9. The van der Waals surface area contributed by atoms with E-state index in [2.05, 4.69) is 0 Å². The van der Waals surface area contributed by atoms with E-state index in [4.69, 9.17) is 9.57 Å². The van der Waals surface area contributed by atoms with Crippen LogP contribution in [0, 0.1) is 23.2 Å². The quantitative estimate of drug-likeness (QED) is 0.307. The van der Waals surface area contributed by atoms with Gasteiger partial charge in [-0.25, -0.2) is 9.59 Å². The molecule has 1 aromatic rings. The molecule has 4 saturated carbocycles. The minimum absolute atomic E-state index is 0.0893. The molecule has 8 nitrogen and oxygen atoms in total. The molecule has 0 unspecified atom stereocenters. The molecular weight excluding hydrogens is 472 g/mol. The third-order valence-corrected chi connectivity index (χ3v) is 8.66. The number of benzene rings is 1. The average molecular weight is 511 g/mol. The fraction of sp³-hybridized carbons (Fsp3) is 0.655. The monoisotopic (exact) mass is 510 g/mol. The van der Waals surface area contributed by atoms with Crippen LogP contribution in [0.5, 0.6) is 0 Å². The topological polar surface area (TPSA) is 93.2 Å². The van der Waals surface area contributed by atoms with Gasteiger partial charge in [-0.1, -0.05) is 36.8 Å². The van der Waals surface area contributed by atoms with Gasteiger partial charge in [0.2, 0.25) is 0 Å². The molecule has 1 aromatic carbocycles. The van der Waals surface area contributed by atoms with Gasteiger partial charge in [0.05, 0.1) is 0 Å². The maximum Gasteiger partial charge on any atom is 0.410 e. The molecule has 200 valence electrons. The normalized spacial score (nSPS) is 28.0. The van der Waals surface area contributed by atoms with E-state index >= 15 is 0 Å². The zero-order valence-corrected chi connectivity index (χ0v) is 21.6. The smallest absolute Gasteiger partial charge is 0.410 e. The number of ether oxygens (including phenoxy) is 1.